The maximum absolute atomic E-state index is 11.9. The summed E-state index contributed by atoms with van der Waals surface area (Å²) in [6.45, 7) is 7.07. The van der Waals surface area contributed by atoms with E-state index in [1.165, 1.54) is 24.3 Å². The van der Waals surface area contributed by atoms with Crippen LogP contribution in [0.15, 0.2) is 54.6 Å². The van der Waals surface area contributed by atoms with Gasteiger partial charge in [-0.2, -0.15) is 0 Å². The molecule has 0 aliphatic carbocycles. The van der Waals surface area contributed by atoms with E-state index in [4.69, 9.17) is 4.74 Å². The second-order valence-electron chi connectivity index (χ2n) is 7.07. The average Bonchev–Trinajstić information content (AvgIpc) is 2.63. The molecule has 6 nitrogen and oxygen atoms in total. The molecule has 27 heavy (non-hydrogen) atoms. The molecule has 0 aliphatic heterocycles. The van der Waals surface area contributed by atoms with Gasteiger partial charge >= 0.3 is 0 Å². The van der Waals surface area contributed by atoms with Crippen LogP contribution in [0.25, 0.3) is 6.08 Å². The summed E-state index contributed by atoms with van der Waals surface area (Å²) in [5.74, 6) is 0.528. The third-order valence-corrected chi connectivity index (χ3v) is 3.86. The molecular formula is C21H24N2O4. The van der Waals surface area contributed by atoms with Gasteiger partial charge in [0.05, 0.1) is 11.5 Å². The van der Waals surface area contributed by atoms with E-state index in [-0.39, 0.29) is 17.0 Å². The van der Waals surface area contributed by atoms with Crippen molar-refractivity contribution < 1.29 is 14.5 Å². The number of carbonyl (C=O) groups is 1. The molecule has 0 fully saturated rings. The summed E-state index contributed by atoms with van der Waals surface area (Å²) in [6.07, 6.45) is 2.89. The van der Waals surface area contributed by atoms with Gasteiger partial charge in [0.25, 0.3) is 5.69 Å². The molecule has 0 saturated carbocycles. The quantitative estimate of drug-likeness (QED) is 0.345. The molecule has 2 aromatic carbocycles. The van der Waals surface area contributed by atoms with Gasteiger partial charge in [-0.15, -0.1) is 0 Å². The highest BCUT2D eigenvalue weighted by Crippen LogP contribution is 2.30. The Bertz CT molecular complexity index is 838. The summed E-state index contributed by atoms with van der Waals surface area (Å²) in [4.78, 5) is 22.2. The predicted molar refractivity (Wildman–Crippen MR) is 106 cm³/mol. The van der Waals surface area contributed by atoms with Crippen LogP contribution in [0, 0.1) is 10.1 Å². The number of nitro groups is 1. The van der Waals surface area contributed by atoms with Gasteiger partial charge in [0.2, 0.25) is 5.91 Å². The van der Waals surface area contributed by atoms with Gasteiger partial charge in [-0.25, -0.2) is 0 Å². The van der Waals surface area contributed by atoms with Crippen LogP contribution < -0.4 is 10.1 Å². The summed E-state index contributed by atoms with van der Waals surface area (Å²) in [5.41, 5.74) is 1.67. The highest BCUT2D eigenvalue weighted by atomic mass is 16.6. The summed E-state index contributed by atoms with van der Waals surface area (Å²) in [6, 6.07) is 14.0. The Morgan fingerprint density at radius 3 is 2.63 bits per heavy atom. The summed E-state index contributed by atoms with van der Waals surface area (Å²) in [7, 11) is 0. The number of nitrogens with zero attached hydrogens (tertiary/aromatic N) is 1. The maximum Gasteiger partial charge on any atom is 0.270 e. The second-order valence-corrected chi connectivity index (χ2v) is 7.07. The van der Waals surface area contributed by atoms with Gasteiger partial charge in [0.15, 0.2) is 0 Å². The lowest BCUT2D eigenvalue weighted by Crippen LogP contribution is -2.26. The van der Waals surface area contributed by atoms with Gasteiger partial charge in [0.1, 0.15) is 12.4 Å². The Balaban J connectivity index is 1.84. The molecule has 0 bridgehead atoms. The molecule has 0 atom stereocenters. The van der Waals surface area contributed by atoms with E-state index in [1.54, 1.807) is 12.1 Å². The average molecular weight is 368 g/mol. The number of rotatable bonds is 7. The Morgan fingerprint density at radius 2 is 1.93 bits per heavy atom. The Hall–Kier alpha value is -3.15. The van der Waals surface area contributed by atoms with Gasteiger partial charge in [-0.3, -0.25) is 14.9 Å². The molecule has 0 aromatic heterocycles. The molecule has 0 unspecified atom stereocenters. The summed E-state index contributed by atoms with van der Waals surface area (Å²) >= 11 is 0. The fraction of sp³-hybridized carbons (Fsp3) is 0.286. The lowest BCUT2D eigenvalue weighted by Gasteiger charge is -2.22. The molecule has 0 spiro atoms. The Morgan fingerprint density at radius 1 is 1.19 bits per heavy atom. The zero-order valence-corrected chi connectivity index (χ0v) is 15.8. The van der Waals surface area contributed by atoms with Gasteiger partial charge < -0.3 is 10.1 Å². The Labute approximate surface area is 159 Å². The third kappa shape index (κ3) is 6.26. The van der Waals surface area contributed by atoms with E-state index in [9.17, 15) is 14.9 Å². The minimum atomic E-state index is -0.468. The standard InChI is InChI=1S/C21H24N2O4/c1-21(2,3)18-9-4-5-10-19(18)27-14-13-22-20(24)12-11-16-7-6-8-17(15-16)23(25)26/h4-12,15H,13-14H2,1-3H3,(H,22,24)/b12-11+. The SMILES string of the molecule is CC(C)(C)c1ccccc1OCCNC(=O)/C=C/c1cccc([N+](=O)[O-])c1. The maximum atomic E-state index is 11.9. The van der Waals surface area contributed by atoms with Gasteiger partial charge in [0, 0.05) is 18.2 Å². The first kappa shape index (κ1) is 20.2. The van der Waals surface area contributed by atoms with Crippen LogP contribution in [0.1, 0.15) is 31.9 Å². The minimum Gasteiger partial charge on any atom is -0.491 e. The molecule has 0 aliphatic rings. The van der Waals surface area contributed by atoms with Crippen LogP contribution in [-0.2, 0) is 10.2 Å². The van der Waals surface area contributed by atoms with Crippen molar-refractivity contribution in [3.8, 4) is 5.75 Å². The van der Waals surface area contributed by atoms with E-state index in [2.05, 4.69) is 26.1 Å². The number of ether oxygens (including phenoxy) is 1. The van der Waals surface area contributed by atoms with Crippen molar-refractivity contribution in [3.05, 3.63) is 75.8 Å². The normalized spacial score (nSPS) is 11.4. The van der Waals surface area contributed by atoms with Crippen molar-refractivity contribution in [3.63, 3.8) is 0 Å². The van der Waals surface area contributed by atoms with Gasteiger partial charge in [-0.1, -0.05) is 51.1 Å². The molecule has 2 rings (SSSR count). The molecule has 1 N–H and O–H groups in total. The van der Waals surface area contributed by atoms with E-state index < -0.39 is 4.92 Å². The lowest BCUT2D eigenvalue weighted by atomic mass is 9.86. The fourth-order valence-corrected chi connectivity index (χ4v) is 2.52. The molecular weight excluding hydrogens is 344 g/mol. The molecule has 6 heteroatoms. The number of nitro benzene ring substituents is 1. The first-order valence-electron chi connectivity index (χ1n) is 8.70. The second kappa shape index (κ2) is 8.98. The highest BCUT2D eigenvalue weighted by molar-refractivity contribution is 5.91. The van der Waals surface area contributed by atoms with Crippen molar-refractivity contribution >= 4 is 17.7 Å². The Kier molecular flexibility index (Phi) is 6.71. The first-order valence-corrected chi connectivity index (χ1v) is 8.70. The largest absolute Gasteiger partial charge is 0.491 e. The van der Waals surface area contributed by atoms with Crippen LogP contribution >= 0.6 is 0 Å². The van der Waals surface area contributed by atoms with Crippen LogP contribution in [-0.4, -0.2) is 24.0 Å². The molecule has 0 radical (unpaired) electrons. The van der Waals surface area contributed by atoms with Crippen LogP contribution in [0.3, 0.4) is 0 Å². The van der Waals surface area contributed by atoms with Crippen molar-refractivity contribution in [2.45, 2.75) is 26.2 Å². The zero-order chi connectivity index (χ0) is 19.9. The third-order valence-electron chi connectivity index (χ3n) is 3.86. The smallest absolute Gasteiger partial charge is 0.270 e. The fourth-order valence-electron chi connectivity index (χ4n) is 2.52. The molecule has 0 heterocycles. The van der Waals surface area contributed by atoms with E-state index in [1.807, 2.05) is 24.3 Å². The monoisotopic (exact) mass is 368 g/mol. The number of non-ortho nitro benzene ring substituents is 1. The number of para-hydroxylation sites is 1. The highest BCUT2D eigenvalue weighted by Gasteiger charge is 2.18. The molecule has 142 valence electrons. The predicted octanol–water partition coefficient (Wildman–Crippen LogP) is 4.10. The lowest BCUT2D eigenvalue weighted by molar-refractivity contribution is -0.384. The molecule has 0 saturated heterocycles. The van der Waals surface area contributed by atoms with Crippen LogP contribution in [0.4, 0.5) is 5.69 Å². The first-order chi connectivity index (χ1) is 12.8. The number of hydrogen-bond donors (Lipinski definition) is 1. The number of hydrogen-bond acceptors (Lipinski definition) is 4. The number of amides is 1. The number of carbonyl (C=O) groups excluding carboxylic acids is 1. The minimum absolute atomic E-state index is 0.0107. The number of nitrogens with one attached hydrogen (secondary N) is 1. The van der Waals surface area contributed by atoms with Crippen LogP contribution in [0.2, 0.25) is 0 Å². The number of benzene rings is 2. The van der Waals surface area contributed by atoms with E-state index in [0.29, 0.717) is 18.7 Å². The van der Waals surface area contributed by atoms with Gasteiger partial charge in [-0.05, 0) is 28.7 Å². The zero-order valence-electron chi connectivity index (χ0n) is 15.8. The summed E-state index contributed by atoms with van der Waals surface area (Å²) in [5, 5.41) is 13.5. The molecule has 2 aromatic rings. The van der Waals surface area contributed by atoms with E-state index in [0.717, 1.165) is 11.3 Å². The van der Waals surface area contributed by atoms with E-state index >= 15 is 0 Å². The van der Waals surface area contributed by atoms with Crippen molar-refractivity contribution in [2.75, 3.05) is 13.2 Å². The van der Waals surface area contributed by atoms with Crippen molar-refractivity contribution in [1.29, 1.82) is 0 Å². The van der Waals surface area contributed by atoms with Crippen molar-refractivity contribution in [2.24, 2.45) is 0 Å². The molecule has 1 amide bonds. The van der Waals surface area contributed by atoms with Crippen LogP contribution in [0.5, 0.6) is 5.75 Å². The summed E-state index contributed by atoms with van der Waals surface area (Å²) < 4.78 is 5.81. The van der Waals surface area contributed by atoms with Crippen molar-refractivity contribution in [1.82, 2.24) is 5.32 Å². The topological polar surface area (TPSA) is 81.5 Å².